The second-order valence-corrected chi connectivity index (χ2v) is 5.88. The molecular formula is C15H21NO4S. The van der Waals surface area contributed by atoms with Crippen molar-refractivity contribution in [3.05, 3.63) is 23.8 Å². The monoisotopic (exact) mass is 311 g/mol. The molecular weight excluding hydrogens is 290 g/mol. The van der Waals surface area contributed by atoms with Gasteiger partial charge < -0.3 is 9.47 Å². The van der Waals surface area contributed by atoms with E-state index in [-0.39, 0.29) is 6.10 Å². The normalized spacial score (nSPS) is 14.9. The van der Waals surface area contributed by atoms with Crippen LogP contribution in [0.4, 0.5) is 0 Å². The van der Waals surface area contributed by atoms with E-state index in [1.54, 1.807) is 7.11 Å². The van der Waals surface area contributed by atoms with Crippen molar-refractivity contribution in [1.82, 2.24) is 0 Å². The lowest BCUT2D eigenvalue weighted by molar-refractivity contribution is 0.200. The third-order valence-corrected chi connectivity index (χ3v) is 4.04. The first-order chi connectivity index (χ1) is 10.2. The van der Waals surface area contributed by atoms with Gasteiger partial charge in [-0.2, -0.15) is 12.8 Å². The second kappa shape index (κ2) is 8.02. The summed E-state index contributed by atoms with van der Waals surface area (Å²) >= 11 is 0. The first-order valence-electron chi connectivity index (χ1n) is 7.29. The second-order valence-electron chi connectivity index (χ2n) is 5.18. The van der Waals surface area contributed by atoms with Gasteiger partial charge in [0.25, 0.3) is 0 Å². The smallest absolute Gasteiger partial charge is 0.311 e. The predicted molar refractivity (Wildman–Crippen MR) is 80.4 cm³/mol. The maximum Gasteiger partial charge on any atom is 0.311 e. The molecule has 1 aromatic carbocycles. The van der Waals surface area contributed by atoms with Gasteiger partial charge in [-0.05, 0) is 56.2 Å². The van der Waals surface area contributed by atoms with Gasteiger partial charge in [0.2, 0.25) is 0 Å². The van der Waals surface area contributed by atoms with Crippen LogP contribution in [-0.2, 0) is 16.9 Å². The van der Waals surface area contributed by atoms with Crippen LogP contribution in [0.5, 0.6) is 11.5 Å². The molecule has 0 spiro atoms. The van der Waals surface area contributed by atoms with E-state index in [2.05, 4.69) is 4.36 Å². The van der Waals surface area contributed by atoms with Crippen molar-refractivity contribution in [2.75, 3.05) is 13.7 Å². The molecule has 5 nitrogen and oxygen atoms in total. The minimum Gasteiger partial charge on any atom is -0.493 e. The fourth-order valence-electron chi connectivity index (χ4n) is 2.58. The summed E-state index contributed by atoms with van der Waals surface area (Å²) in [5.74, 6) is 1.53. The molecule has 116 valence electrons. The van der Waals surface area contributed by atoms with Gasteiger partial charge in [-0.1, -0.05) is 6.07 Å². The molecule has 0 aromatic heterocycles. The topological polar surface area (TPSA) is 65.0 Å². The van der Waals surface area contributed by atoms with E-state index < -0.39 is 10.5 Å². The number of nitrogens with zero attached hydrogens (tertiary/aromatic N) is 1. The molecule has 6 heteroatoms. The van der Waals surface area contributed by atoms with Crippen LogP contribution in [0, 0.1) is 0 Å². The standard InChI is InChI=1S/C15H21NO4S/c1-19-14-9-8-12(5-4-10-16-21(17)18)11-15(14)20-13-6-2-3-7-13/h8-9,11,13H,2-7,10H2,1H3. The zero-order valence-corrected chi connectivity index (χ0v) is 13.1. The van der Waals surface area contributed by atoms with Crippen molar-refractivity contribution in [3.8, 4) is 11.5 Å². The van der Waals surface area contributed by atoms with E-state index >= 15 is 0 Å². The van der Waals surface area contributed by atoms with Crippen LogP contribution in [0.3, 0.4) is 0 Å². The van der Waals surface area contributed by atoms with E-state index in [9.17, 15) is 8.42 Å². The van der Waals surface area contributed by atoms with Crippen molar-refractivity contribution >= 4 is 10.5 Å². The summed E-state index contributed by atoms with van der Waals surface area (Å²) in [5, 5.41) is 0. The number of methoxy groups -OCH3 is 1. The highest BCUT2D eigenvalue weighted by Gasteiger charge is 2.18. The molecule has 1 saturated carbocycles. The largest absolute Gasteiger partial charge is 0.493 e. The van der Waals surface area contributed by atoms with Crippen LogP contribution >= 0.6 is 0 Å². The maximum absolute atomic E-state index is 10.3. The van der Waals surface area contributed by atoms with Crippen molar-refractivity contribution < 1.29 is 17.9 Å². The maximum atomic E-state index is 10.3. The summed E-state index contributed by atoms with van der Waals surface area (Å²) in [7, 11) is -0.668. The molecule has 1 aliphatic rings. The number of hydrogen-bond donors (Lipinski definition) is 0. The number of aryl methyl sites for hydroxylation is 1. The summed E-state index contributed by atoms with van der Waals surface area (Å²) in [4.78, 5) is 0. The fourth-order valence-corrected chi connectivity index (χ4v) is 2.85. The Hall–Kier alpha value is -1.56. The SMILES string of the molecule is COc1ccc(CCCN=S(=O)=O)cc1OC1CCCC1. The Morgan fingerprint density at radius 3 is 2.67 bits per heavy atom. The molecule has 0 aliphatic heterocycles. The fraction of sp³-hybridized carbons (Fsp3) is 0.600. The van der Waals surface area contributed by atoms with Crippen LogP contribution in [0.25, 0.3) is 0 Å². The minimum atomic E-state index is -2.31. The average Bonchev–Trinajstić information content (AvgIpc) is 2.97. The number of hydrogen-bond acceptors (Lipinski definition) is 5. The summed E-state index contributed by atoms with van der Waals surface area (Å²) < 4.78 is 35.5. The van der Waals surface area contributed by atoms with Crippen LogP contribution in [0.1, 0.15) is 37.7 Å². The van der Waals surface area contributed by atoms with Gasteiger partial charge in [-0.15, -0.1) is 0 Å². The highest BCUT2D eigenvalue weighted by Crippen LogP contribution is 2.32. The molecule has 2 rings (SSSR count). The van der Waals surface area contributed by atoms with Crippen molar-refractivity contribution in [1.29, 1.82) is 0 Å². The van der Waals surface area contributed by atoms with E-state index in [1.807, 2.05) is 18.2 Å². The lowest BCUT2D eigenvalue weighted by atomic mass is 10.1. The number of rotatable bonds is 7. The average molecular weight is 311 g/mol. The van der Waals surface area contributed by atoms with Crippen molar-refractivity contribution in [3.63, 3.8) is 0 Å². The van der Waals surface area contributed by atoms with Gasteiger partial charge in [0, 0.05) is 0 Å². The highest BCUT2D eigenvalue weighted by atomic mass is 32.2. The molecule has 1 aromatic rings. The summed E-state index contributed by atoms with van der Waals surface area (Å²) in [6, 6.07) is 5.88. The molecule has 0 amide bonds. The zero-order chi connectivity index (χ0) is 15.1. The minimum absolute atomic E-state index is 0.284. The Bertz CT molecular complexity index is 584. The van der Waals surface area contributed by atoms with E-state index in [0.717, 1.165) is 36.3 Å². The first-order valence-corrected chi connectivity index (χ1v) is 8.32. The molecule has 0 heterocycles. The van der Waals surface area contributed by atoms with E-state index in [4.69, 9.17) is 9.47 Å². The van der Waals surface area contributed by atoms with Crippen LogP contribution in [-0.4, -0.2) is 28.2 Å². The lowest BCUT2D eigenvalue weighted by Crippen LogP contribution is -2.11. The van der Waals surface area contributed by atoms with Gasteiger partial charge in [-0.25, -0.2) is 0 Å². The molecule has 0 radical (unpaired) electrons. The molecule has 1 fully saturated rings. The van der Waals surface area contributed by atoms with Crippen molar-refractivity contribution in [2.45, 2.75) is 44.6 Å². The van der Waals surface area contributed by atoms with Crippen LogP contribution in [0.2, 0.25) is 0 Å². The molecule has 21 heavy (non-hydrogen) atoms. The van der Waals surface area contributed by atoms with Crippen LogP contribution < -0.4 is 9.47 Å². The molecule has 0 saturated heterocycles. The zero-order valence-electron chi connectivity index (χ0n) is 12.2. The molecule has 0 N–H and O–H groups in total. The Kier molecular flexibility index (Phi) is 6.04. The quantitative estimate of drug-likeness (QED) is 0.726. The van der Waals surface area contributed by atoms with Gasteiger partial charge in [0.15, 0.2) is 11.5 Å². The van der Waals surface area contributed by atoms with Gasteiger partial charge in [0.05, 0.1) is 19.8 Å². The molecule has 0 bridgehead atoms. The highest BCUT2D eigenvalue weighted by molar-refractivity contribution is 7.61. The number of ether oxygens (including phenoxy) is 2. The van der Waals surface area contributed by atoms with Gasteiger partial charge in [-0.3, -0.25) is 0 Å². The van der Waals surface area contributed by atoms with Crippen LogP contribution in [0.15, 0.2) is 22.6 Å². The molecule has 0 unspecified atom stereocenters. The van der Waals surface area contributed by atoms with E-state index in [0.29, 0.717) is 13.0 Å². The lowest BCUT2D eigenvalue weighted by Gasteiger charge is -2.16. The van der Waals surface area contributed by atoms with Gasteiger partial charge >= 0.3 is 10.5 Å². The van der Waals surface area contributed by atoms with Gasteiger partial charge in [0.1, 0.15) is 0 Å². The third kappa shape index (κ3) is 5.04. The molecule has 0 atom stereocenters. The summed E-state index contributed by atoms with van der Waals surface area (Å²) in [5.41, 5.74) is 1.11. The Labute approximate surface area is 127 Å². The Morgan fingerprint density at radius 2 is 2.00 bits per heavy atom. The summed E-state index contributed by atoms with van der Waals surface area (Å²) in [6.45, 7) is 0.320. The first kappa shape index (κ1) is 15.8. The Morgan fingerprint density at radius 1 is 1.24 bits per heavy atom. The number of benzene rings is 1. The Balaban J connectivity index is 2.00. The third-order valence-electron chi connectivity index (χ3n) is 3.64. The van der Waals surface area contributed by atoms with E-state index in [1.165, 1.54) is 12.8 Å². The predicted octanol–water partition coefficient (Wildman–Crippen LogP) is 3.01. The summed E-state index contributed by atoms with van der Waals surface area (Å²) in [6.07, 6.45) is 6.39. The molecule has 1 aliphatic carbocycles. The van der Waals surface area contributed by atoms with Crippen molar-refractivity contribution in [2.24, 2.45) is 4.36 Å².